The summed E-state index contributed by atoms with van der Waals surface area (Å²) in [6.45, 7) is 0.685. The van der Waals surface area contributed by atoms with Crippen LogP contribution < -0.4 is 10.6 Å². The van der Waals surface area contributed by atoms with Gasteiger partial charge in [-0.2, -0.15) is 0 Å². The minimum Gasteiger partial charge on any atom is -0.359 e. The lowest BCUT2D eigenvalue weighted by Crippen LogP contribution is -2.38. The topological polar surface area (TPSA) is 52.7 Å². The Morgan fingerprint density at radius 2 is 1.50 bits per heavy atom. The van der Waals surface area contributed by atoms with Crippen molar-refractivity contribution in [3.63, 3.8) is 0 Å². The molecule has 3 N–H and O–H groups in total. The first-order valence-electron chi connectivity index (χ1n) is 9.35. The van der Waals surface area contributed by atoms with Gasteiger partial charge in [-0.1, -0.05) is 72.8 Å². The fourth-order valence-corrected chi connectivity index (χ4v) is 3.41. The van der Waals surface area contributed by atoms with Crippen molar-refractivity contribution < 1.29 is 0 Å². The number of para-hydroxylation sites is 2. The molecule has 0 unspecified atom stereocenters. The molecule has 0 saturated carbocycles. The van der Waals surface area contributed by atoms with E-state index in [1.807, 2.05) is 48.5 Å². The lowest BCUT2D eigenvalue weighted by molar-refractivity contribution is 0.602. The maximum Gasteiger partial charge on any atom is 0.167 e. The van der Waals surface area contributed by atoms with Gasteiger partial charge in [0.05, 0.1) is 17.1 Å². The third-order valence-corrected chi connectivity index (χ3v) is 4.88. The summed E-state index contributed by atoms with van der Waals surface area (Å²) in [7, 11) is 0. The number of aromatic nitrogens is 2. The Balaban J connectivity index is 1.51. The van der Waals surface area contributed by atoms with Crippen molar-refractivity contribution in [3.05, 3.63) is 102 Å². The number of benzene rings is 3. The van der Waals surface area contributed by atoms with Crippen molar-refractivity contribution in [1.29, 1.82) is 0 Å². The molecule has 1 heterocycles. The zero-order valence-electron chi connectivity index (χ0n) is 15.4. The molecule has 140 valence electrons. The standard InChI is InChI=1S/C23H22N4S/c28-23(24-16-18-11-5-2-6-12-18)27-21(15-17-9-3-1-4-10-17)22-25-19-13-7-8-14-20(19)26-22/h1-14,21H,15-16H2,(H,25,26)(H2,24,27,28)/t21-/m0/s1. The van der Waals surface area contributed by atoms with Gasteiger partial charge in [-0.25, -0.2) is 4.98 Å². The van der Waals surface area contributed by atoms with Crippen LogP contribution in [0.1, 0.15) is 23.0 Å². The molecule has 0 amide bonds. The zero-order valence-corrected chi connectivity index (χ0v) is 16.2. The molecule has 0 fully saturated rings. The number of H-pyrrole nitrogens is 1. The highest BCUT2D eigenvalue weighted by molar-refractivity contribution is 7.80. The molecule has 0 saturated heterocycles. The highest BCUT2D eigenvalue weighted by Gasteiger charge is 2.17. The number of hydrogen-bond acceptors (Lipinski definition) is 2. The number of thiocarbonyl (C=S) groups is 1. The van der Waals surface area contributed by atoms with Crippen LogP contribution >= 0.6 is 12.2 Å². The third-order valence-electron chi connectivity index (χ3n) is 4.62. The van der Waals surface area contributed by atoms with Crippen molar-refractivity contribution in [3.8, 4) is 0 Å². The monoisotopic (exact) mass is 386 g/mol. The van der Waals surface area contributed by atoms with Gasteiger partial charge in [0.15, 0.2) is 5.11 Å². The first-order chi connectivity index (χ1) is 13.8. The Morgan fingerprint density at radius 3 is 2.21 bits per heavy atom. The quantitative estimate of drug-likeness (QED) is 0.427. The van der Waals surface area contributed by atoms with Gasteiger partial charge in [0, 0.05) is 6.54 Å². The van der Waals surface area contributed by atoms with Gasteiger partial charge < -0.3 is 15.6 Å². The van der Waals surface area contributed by atoms with E-state index >= 15 is 0 Å². The molecule has 0 aliphatic heterocycles. The van der Waals surface area contributed by atoms with Gasteiger partial charge in [-0.15, -0.1) is 0 Å². The lowest BCUT2D eigenvalue weighted by atomic mass is 10.1. The smallest absolute Gasteiger partial charge is 0.167 e. The van der Waals surface area contributed by atoms with Crippen molar-refractivity contribution in [2.24, 2.45) is 0 Å². The number of imidazole rings is 1. The van der Waals surface area contributed by atoms with Crippen LogP contribution in [0.25, 0.3) is 11.0 Å². The second kappa shape index (κ2) is 8.67. The number of fused-ring (bicyclic) bond motifs is 1. The Morgan fingerprint density at radius 1 is 0.857 bits per heavy atom. The van der Waals surface area contributed by atoms with Crippen molar-refractivity contribution in [1.82, 2.24) is 20.6 Å². The molecule has 5 heteroatoms. The van der Waals surface area contributed by atoms with Gasteiger partial charge in [-0.05, 0) is 41.9 Å². The summed E-state index contributed by atoms with van der Waals surface area (Å²) in [5.41, 5.74) is 4.40. The molecule has 1 atom stereocenters. The minimum atomic E-state index is -0.0504. The van der Waals surface area contributed by atoms with Crippen LogP contribution in [0.3, 0.4) is 0 Å². The molecule has 4 aromatic rings. The summed E-state index contributed by atoms with van der Waals surface area (Å²) in [6.07, 6.45) is 0.786. The van der Waals surface area contributed by atoms with Gasteiger partial charge in [0.2, 0.25) is 0 Å². The first-order valence-corrected chi connectivity index (χ1v) is 9.75. The van der Waals surface area contributed by atoms with E-state index < -0.39 is 0 Å². The number of nitrogens with one attached hydrogen (secondary N) is 3. The second-order valence-electron chi connectivity index (χ2n) is 6.69. The van der Waals surface area contributed by atoms with Crippen LogP contribution in [0.15, 0.2) is 84.9 Å². The lowest BCUT2D eigenvalue weighted by Gasteiger charge is -2.19. The summed E-state index contributed by atoms with van der Waals surface area (Å²) in [5, 5.41) is 7.35. The predicted molar refractivity (Wildman–Crippen MR) is 118 cm³/mol. The maximum absolute atomic E-state index is 5.56. The van der Waals surface area contributed by atoms with E-state index in [0.717, 1.165) is 23.3 Å². The summed E-state index contributed by atoms with van der Waals surface area (Å²) in [6, 6.07) is 28.6. The highest BCUT2D eigenvalue weighted by atomic mass is 32.1. The van der Waals surface area contributed by atoms with Gasteiger partial charge in [-0.3, -0.25) is 0 Å². The van der Waals surface area contributed by atoms with E-state index in [1.54, 1.807) is 0 Å². The molecule has 28 heavy (non-hydrogen) atoms. The van der Waals surface area contributed by atoms with Gasteiger partial charge in [0.1, 0.15) is 5.82 Å². The average Bonchev–Trinajstić information content (AvgIpc) is 3.18. The Kier molecular flexibility index (Phi) is 5.64. The summed E-state index contributed by atoms with van der Waals surface area (Å²) in [4.78, 5) is 8.21. The molecule has 0 bridgehead atoms. The fourth-order valence-electron chi connectivity index (χ4n) is 3.19. The number of rotatable bonds is 6. The van der Waals surface area contributed by atoms with Crippen LogP contribution in [0.2, 0.25) is 0 Å². The predicted octanol–water partition coefficient (Wildman–Crippen LogP) is 4.51. The van der Waals surface area contributed by atoms with Crippen LogP contribution in [-0.4, -0.2) is 15.1 Å². The molecule has 0 spiro atoms. The summed E-state index contributed by atoms with van der Waals surface area (Å²) >= 11 is 5.56. The van der Waals surface area contributed by atoms with E-state index in [2.05, 4.69) is 52.0 Å². The van der Waals surface area contributed by atoms with E-state index in [1.165, 1.54) is 11.1 Å². The molecule has 3 aromatic carbocycles. The maximum atomic E-state index is 5.56. The number of nitrogens with zero attached hydrogens (tertiary/aromatic N) is 1. The Hall–Kier alpha value is -3.18. The number of hydrogen-bond donors (Lipinski definition) is 3. The average molecular weight is 387 g/mol. The third kappa shape index (κ3) is 4.56. The SMILES string of the molecule is S=C(NCc1ccccc1)N[C@@H](Cc1ccccc1)c1nc2ccccc2[nH]1. The zero-order chi connectivity index (χ0) is 19.2. The van der Waals surface area contributed by atoms with Crippen molar-refractivity contribution in [2.45, 2.75) is 19.0 Å². The minimum absolute atomic E-state index is 0.0504. The molecular weight excluding hydrogens is 364 g/mol. The van der Waals surface area contributed by atoms with Crippen LogP contribution in [0, 0.1) is 0 Å². The van der Waals surface area contributed by atoms with E-state index in [-0.39, 0.29) is 6.04 Å². The van der Waals surface area contributed by atoms with E-state index in [4.69, 9.17) is 17.2 Å². The van der Waals surface area contributed by atoms with Crippen LogP contribution in [-0.2, 0) is 13.0 Å². The molecule has 0 aliphatic carbocycles. The molecule has 0 radical (unpaired) electrons. The van der Waals surface area contributed by atoms with E-state index in [9.17, 15) is 0 Å². The van der Waals surface area contributed by atoms with Gasteiger partial charge >= 0.3 is 0 Å². The van der Waals surface area contributed by atoms with Gasteiger partial charge in [0.25, 0.3) is 0 Å². The summed E-state index contributed by atoms with van der Waals surface area (Å²) < 4.78 is 0. The first kappa shape index (κ1) is 18.2. The molecule has 4 rings (SSSR count). The van der Waals surface area contributed by atoms with Crippen molar-refractivity contribution in [2.75, 3.05) is 0 Å². The van der Waals surface area contributed by atoms with Crippen LogP contribution in [0.4, 0.5) is 0 Å². The van der Waals surface area contributed by atoms with Crippen LogP contribution in [0.5, 0.6) is 0 Å². The number of aromatic amines is 1. The fraction of sp³-hybridized carbons (Fsp3) is 0.130. The van der Waals surface area contributed by atoms with Crippen molar-refractivity contribution >= 4 is 28.4 Å². The molecule has 4 nitrogen and oxygen atoms in total. The molecule has 0 aliphatic rings. The second-order valence-corrected chi connectivity index (χ2v) is 7.10. The molecule has 1 aromatic heterocycles. The normalized spacial score (nSPS) is 11.9. The largest absolute Gasteiger partial charge is 0.359 e. The Bertz CT molecular complexity index is 1010. The highest BCUT2D eigenvalue weighted by Crippen LogP contribution is 2.20. The van der Waals surface area contributed by atoms with E-state index in [0.29, 0.717) is 11.7 Å². The summed E-state index contributed by atoms with van der Waals surface area (Å²) in [5.74, 6) is 0.883. The Labute approximate surface area is 170 Å². The molecular formula is C23H22N4S.